The number of halogens is 3. The Morgan fingerprint density at radius 1 is 1.07 bits per heavy atom. The van der Waals surface area contributed by atoms with Gasteiger partial charge in [-0.05, 0) is 65.7 Å². The van der Waals surface area contributed by atoms with Gasteiger partial charge in [0.1, 0.15) is 5.82 Å². The monoisotopic (exact) mass is 515 g/mol. The number of aryl methyl sites for hydroxylation is 1. The molecular formula is C20H24Br2FN3S. The number of nitrogens with zero attached hydrogens (tertiary/aromatic N) is 2. The van der Waals surface area contributed by atoms with Crippen molar-refractivity contribution in [2.75, 3.05) is 43.4 Å². The molecule has 0 radical (unpaired) electrons. The quantitative estimate of drug-likeness (QED) is 0.521. The zero-order chi connectivity index (χ0) is 20.0. The Hall–Kier alpha value is -1.18. The van der Waals surface area contributed by atoms with Crippen LogP contribution in [0, 0.1) is 19.7 Å². The van der Waals surface area contributed by atoms with Crippen molar-refractivity contribution in [3.8, 4) is 0 Å². The molecular weight excluding hydrogens is 493 g/mol. The molecule has 146 valence electrons. The zero-order valence-electron chi connectivity index (χ0n) is 15.7. The van der Waals surface area contributed by atoms with Gasteiger partial charge in [-0.2, -0.15) is 0 Å². The molecule has 0 aromatic heterocycles. The van der Waals surface area contributed by atoms with E-state index in [1.54, 1.807) is 25.5 Å². The van der Waals surface area contributed by atoms with Crippen LogP contribution in [0.25, 0.3) is 0 Å². The van der Waals surface area contributed by atoms with E-state index in [1.807, 2.05) is 6.07 Å². The van der Waals surface area contributed by atoms with Crippen molar-refractivity contribution in [2.45, 2.75) is 13.8 Å². The van der Waals surface area contributed by atoms with Crippen molar-refractivity contribution in [3.05, 3.63) is 56.2 Å². The zero-order valence-corrected chi connectivity index (χ0v) is 19.7. The van der Waals surface area contributed by atoms with E-state index in [4.69, 9.17) is 12.2 Å². The van der Waals surface area contributed by atoms with Crippen molar-refractivity contribution < 1.29 is 4.39 Å². The van der Waals surface area contributed by atoms with Gasteiger partial charge in [0.25, 0.3) is 0 Å². The molecule has 1 fully saturated rings. The van der Waals surface area contributed by atoms with Crippen LogP contribution >= 0.6 is 44.1 Å². The Labute approximate surface area is 183 Å². The minimum absolute atomic E-state index is 0.197. The van der Waals surface area contributed by atoms with Crippen LogP contribution in [0.2, 0.25) is 0 Å². The molecule has 27 heavy (non-hydrogen) atoms. The summed E-state index contributed by atoms with van der Waals surface area (Å²) in [7, 11) is 1.77. The number of thiocarbonyl (C=S) groups is 1. The molecule has 0 spiro atoms. The first-order chi connectivity index (χ1) is 12.9. The standard InChI is InChI=1S/C12H15BrN2S.C8H9BrFN/c1-10-8-11(13)2-3-12(10)15-6-4-14(9-16)5-7-15;1-5-7(11-2)4-3-6(9)8(5)10/h2-3,8-9H,4-7H2,1H3;3-4,11H,1-2H3. The Morgan fingerprint density at radius 3 is 2.30 bits per heavy atom. The predicted molar refractivity (Wildman–Crippen MR) is 125 cm³/mol. The van der Waals surface area contributed by atoms with Crippen LogP contribution in [0.15, 0.2) is 39.3 Å². The Kier molecular flexibility index (Phi) is 8.51. The minimum Gasteiger partial charge on any atom is -0.388 e. The summed E-state index contributed by atoms with van der Waals surface area (Å²) in [5, 5.41) is 2.90. The average molecular weight is 517 g/mol. The second kappa shape index (κ2) is 10.4. The SMILES string of the molecule is CNc1ccc(Br)c(F)c1C.Cc1cc(Br)ccc1N1CCN(C=S)CC1. The molecule has 1 aliphatic rings. The molecule has 0 unspecified atom stereocenters. The number of anilines is 2. The van der Waals surface area contributed by atoms with Crippen molar-refractivity contribution in [1.29, 1.82) is 0 Å². The fourth-order valence-corrected chi connectivity index (χ4v) is 4.08. The lowest BCUT2D eigenvalue weighted by Gasteiger charge is -2.35. The summed E-state index contributed by atoms with van der Waals surface area (Å²) in [5.74, 6) is -0.197. The third-order valence-electron chi connectivity index (χ3n) is 4.57. The van der Waals surface area contributed by atoms with Gasteiger partial charge in [-0.3, -0.25) is 0 Å². The van der Waals surface area contributed by atoms with E-state index in [1.165, 1.54) is 11.3 Å². The first-order valence-electron chi connectivity index (χ1n) is 8.70. The largest absolute Gasteiger partial charge is 0.388 e. The molecule has 1 N–H and O–H groups in total. The van der Waals surface area contributed by atoms with E-state index in [2.05, 4.69) is 72.1 Å². The van der Waals surface area contributed by atoms with E-state index in [0.29, 0.717) is 10.0 Å². The maximum absolute atomic E-state index is 13.1. The smallest absolute Gasteiger partial charge is 0.142 e. The number of nitrogens with one attached hydrogen (secondary N) is 1. The maximum Gasteiger partial charge on any atom is 0.142 e. The summed E-state index contributed by atoms with van der Waals surface area (Å²) in [4.78, 5) is 4.62. The van der Waals surface area contributed by atoms with E-state index in [9.17, 15) is 4.39 Å². The second-order valence-corrected chi connectivity index (χ2v) is 8.32. The molecule has 1 heterocycles. The van der Waals surface area contributed by atoms with Crippen LogP contribution in [0.1, 0.15) is 11.1 Å². The molecule has 2 aromatic rings. The number of hydrogen-bond acceptors (Lipinski definition) is 3. The van der Waals surface area contributed by atoms with Crippen molar-refractivity contribution >= 4 is 60.9 Å². The lowest BCUT2D eigenvalue weighted by Crippen LogP contribution is -2.45. The molecule has 7 heteroatoms. The molecule has 0 saturated carbocycles. The first-order valence-corrected chi connectivity index (χ1v) is 10.8. The highest BCUT2D eigenvalue weighted by Gasteiger charge is 2.16. The number of hydrogen-bond donors (Lipinski definition) is 1. The molecule has 0 atom stereocenters. The molecule has 2 aromatic carbocycles. The minimum atomic E-state index is -0.197. The normalized spacial score (nSPS) is 13.7. The van der Waals surface area contributed by atoms with Crippen LogP contribution in [-0.4, -0.2) is 43.6 Å². The number of benzene rings is 2. The second-order valence-electron chi connectivity index (χ2n) is 6.34. The molecule has 0 bridgehead atoms. The number of piperazine rings is 1. The van der Waals surface area contributed by atoms with Crippen LogP contribution < -0.4 is 10.2 Å². The molecule has 1 saturated heterocycles. The van der Waals surface area contributed by atoms with E-state index >= 15 is 0 Å². The van der Waals surface area contributed by atoms with E-state index in [0.717, 1.165) is 36.3 Å². The van der Waals surface area contributed by atoms with E-state index < -0.39 is 0 Å². The highest BCUT2D eigenvalue weighted by atomic mass is 79.9. The summed E-state index contributed by atoms with van der Waals surface area (Å²) in [6, 6.07) is 9.98. The van der Waals surface area contributed by atoms with Gasteiger partial charge in [0.05, 0.1) is 9.96 Å². The lowest BCUT2D eigenvalue weighted by atomic mass is 10.1. The lowest BCUT2D eigenvalue weighted by molar-refractivity contribution is 0.400. The van der Waals surface area contributed by atoms with Crippen LogP contribution in [0.3, 0.4) is 0 Å². The highest BCUT2D eigenvalue weighted by molar-refractivity contribution is 9.10. The Morgan fingerprint density at radius 2 is 1.74 bits per heavy atom. The summed E-state index contributed by atoms with van der Waals surface area (Å²) < 4.78 is 14.7. The van der Waals surface area contributed by atoms with Gasteiger partial charge in [-0.25, -0.2) is 4.39 Å². The van der Waals surface area contributed by atoms with Crippen LogP contribution in [0.5, 0.6) is 0 Å². The van der Waals surface area contributed by atoms with Gasteiger partial charge >= 0.3 is 0 Å². The summed E-state index contributed by atoms with van der Waals surface area (Å²) in [6.07, 6.45) is 0. The van der Waals surface area contributed by atoms with Crippen LogP contribution in [0.4, 0.5) is 15.8 Å². The fourth-order valence-electron chi connectivity index (χ4n) is 2.96. The van der Waals surface area contributed by atoms with Gasteiger partial charge < -0.3 is 15.1 Å². The fraction of sp³-hybridized carbons (Fsp3) is 0.350. The molecule has 1 aliphatic heterocycles. The summed E-state index contributed by atoms with van der Waals surface area (Å²) in [6.45, 7) is 8.06. The van der Waals surface area contributed by atoms with Crippen molar-refractivity contribution in [1.82, 2.24) is 4.90 Å². The number of rotatable bonds is 3. The molecule has 0 amide bonds. The molecule has 3 nitrogen and oxygen atoms in total. The summed E-state index contributed by atoms with van der Waals surface area (Å²) >= 11 is 11.5. The predicted octanol–water partition coefficient (Wildman–Crippen LogP) is 5.78. The maximum atomic E-state index is 13.1. The Balaban J connectivity index is 0.000000208. The van der Waals surface area contributed by atoms with Gasteiger partial charge in [0, 0.05) is 54.6 Å². The van der Waals surface area contributed by atoms with Crippen molar-refractivity contribution in [2.24, 2.45) is 0 Å². The van der Waals surface area contributed by atoms with Crippen LogP contribution in [-0.2, 0) is 0 Å². The highest BCUT2D eigenvalue weighted by Crippen LogP contribution is 2.25. The summed E-state index contributed by atoms with van der Waals surface area (Å²) in [5.41, 5.74) is 5.90. The third kappa shape index (κ3) is 5.90. The van der Waals surface area contributed by atoms with Gasteiger partial charge in [-0.1, -0.05) is 28.1 Å². The third-order valence-corrected chi connectivity index (χ3v) is 5.98. The van der Waals surface area contributed by atoms with Gasteiger partial charge in [-0.15, -0.1) is 0 Å². The van der Waals surface area contributed by atoms with E-state index in [-0.39, 0.29) is 5.82 Å². The molecule has 3 rings (SSSR count). The van der Waals surface area contributed by atoms with Crippen molar-refractivity contribution in [3.63, 3.8) is 0 Å². The Bertz CT molecular complexity index is 793. The topological polar surface area (TPSA) is 18.5 Å². The first kappa shape index (κ1) is 22.1. The molecule has 0 aliphatic carbocycles. The average Bonchev–Trinajstić information content (AvgIpc) is 2.67. The van der Waals surface area contributed by atoms with Gasteiger partial charge in [0.15, 0.2) is 0 Å². The van der Waals surface area contributed by atoms with Gasteiger partial charge in [0.2, 0.25) is 0 Å².